The maximum Gasteiger partial charge on any atom is 0.305 e. The fourth-order valence-electron chi connectivity index (χ4n) is 3.69. The monoisotopic (exact) mass is 480 g/mol. The molecule has 0 unspecified atom stereocenters. The third-order valence-corrected chi connectivity index (χ3v) is 5.60. The number of nitrogens with zero attached hydrogens (tertiary/aromatic N) is 1. The summed E-state index contributed by atoms with van der Waals surface area (Å²) >= 11 is 0. The van der Waals surface area contributed by atoms with Crippen LogP contribution in [0.4, 0.5) is 4.39 Å². The van der Waals surface area contributed by atoms with E-state index in [1.54, 1.807) is 19.2 Å². The number of methoxy groups -OCH3 is 2. The smallest absolute Gasteiger partial charge is 0.305 e. The van der Waals surface area contributed by atoms with Gasteiger partial charge in [-0.1, -0.05) is 45.0 Å². The van der Waals surface area contributed by atoms with Gasteiger partial charge in [-0.2, -0.15) is 0 Å². The Morgan fingerprint density at radius 2 is 1.69 bits per heavy atom. The molecule has 0 spiro atoms. The molecule has 0 saturated carbocycles. The lowest BCUT2D eigenvalue weighted by Crippen LogP contribution is -2.31. The molecule has 0 fully saturated rings. The second-order valence-corrected chi connectivity index (χ2v) is 9.06. The summed E-state index contributed by atoms with van der Waals surface area (Å²) in [5, 5.41) is 11.9. The van der Waals surface area contributed by atoms with E-state index in [1.807, 2.05) is 18.2 Å². The summed E-state index contributed by atoms with van der Waals surface area (Å²) in [4.78, 5) is 29.1. The van der Waals surface area contributed by atoms with Crippen molar-refractivity contribution in [2.24, 2.45) is 0 Å². The minimum Gasteiger partial charge on any atom is -0.496 e. The number of hydrogen-bond donors (Lipinski definition) is 2. The molecule has 35 heavy (non-hydrogen) atoms. The first-order chi connectivity index (χ1) is 16.5. The molecule has 0 aliphatic heterocycles. The van der Waals surface area contributed by atoms with Gasteiger partial charge in [0, 0.05) is 11.1 Å². The van der Waals surface area contributed by atoms with Gasteiger partial charge in [-0.3, -0.25) is 9.59 Å². The van der Waals surface area contributed by atoms with Gasteiger partial charge in [0.2, 0.25) is 0 Å². The van der Waals surface area contributed by atoms with Crippen LogP contribution < -0.4 is 14.8 Å². The predicted molar refractivity (Wildman–Crippen MR) is 130 cm³/mol. The Morgan fingerprint density at radius 1 is 1.03 bits per heavy atom. The van der Waals surface area contributed by atoms with Crippen LogP contribution in [-0.2, 0) is 10.2 Å². The van der Waals surface area contributed by atoms with Crippen LogP contribution in [0.25, 0.3) is 11.3 Å². The third-order valence-electron chi connectivity index (χ3n) is 5.60. The molecule has 3 rings (SSSR count). The van der Waals surface area contributed by atoms with E-state index < -0.39 is 30.2 Å². The first-order valence-electron chi connectivity index (χ1n) is 11.1. The van der Waals surface area contributed by atoms with Crippen molar-refractivity contribution >= 4 is 11.9 Å². The molecule has 8 heteroatoms. The largest absolute Gasteiger partial charge is 0.496 e. The number of amides is 1. The predicted octanol–water partition coefficient (Wildman–Crippen LogP) is 5.15. The number of halogens is 1. The molecule has 7 nitrogen and oxygen atoms in total. The van der Waals surface area contributed by atoms with E-state index in [4.69, 9.17) is 9.47 Å². The number of carboxylic acids is 1. The number of pyridine rings is 1. The number of carbonyl (C=O) groups is 2. The zero-order chi connectivity index (χ0) is 25.8. The Labute approximate surface area is 203 Å². The van der Waals surface area contributed by atoms with Gasteiger partial charge in [0.15, 0.2) is 0 Å². The summed E-state index contributed by atoms with van der Waals surface area (Å²) in [5.41, 5.74) is 2.03. The minimum atomic E-state index is -1.18. The fraction of sp³-hybridized carbons (Fsp3) is 0.296. The Hall–Kier alpha value is -3.94. The number of aromatic nitrogens is 1. The zero-order valence-corrected chi connectivity index (χ0v) is 20.4. The van der Waals surface area contributed by atoms with Crippen LogP contribution in [-0.4, -0.2) is 36.2 Å². The van der Waals surface area contributed by atoms with Gasteiger partial charge in [0.25, 0.3) is 5.91 Å². The van der Waals surface area contributed by atoms with Gasteiger partial charge < -0.3 is 19.9 Å². The lowest BCUT2D eigenvalue weighted by Gasteiger charge is -2.22. The molecule has 0 radical (unpaired) electrons. The molecule has 1 atom stereocenters. The normalized spacial score (nSPS) is 12.1. The number of hydrogen-bond acceptors (Lipinski definition) is 5. The zero-order valence-electron chi connectivity index (χ0n) is 20.4. The van der Waals surface area contributed by atoms with E-state index in [9.17, 15) is 19.1 Å². The number of carboxylic acid groups (broad SMARTS) is 1. The highest BCUT2D eigenvalue weighted by Crippen LogP contribution is 2.38. The van der Waals surface area contributed by atoms with Crippen molar-refractivity contribution in [1.82, 2.24) is 10.3 Å². The molecule has 0 aliphatic carbocycles. The van der Waals surface area contributed by atoms with Crippen molar-refractivity contribution in [3.63, 3.8) is 0 Å². The second-order valence-electron chi connectivity index (χ2n) is 9.06. The summed E-state index contributed by atoms with van der Waals surface area (Å²) < 4.78 is 25.4. The van der Waals surface area contributed by atoms with Crippen molar-refractivity contribution in [1.29, 1.82) is 0 Å². The number of aliphatic carboxylic acids is 1. The van der Waals surface area contributed by atoms with E-state index in [-0.39, 0.29) is 16.7 Å². The molecule has 0 aliphatic rings. The number of carbonyl (C=O) groups excluding carboxylic acids is 1. The Kier molecular flexibility index (Phi) is 7.74. The van der Waals surface area contributed by atoms with Gasteiger partial charge in [-0.15, -0.1) is 0 Å². The first kappa shape index (κ1) is 25.7. The fourth-order valence-corrected chi connectivity index (χ4v) is 3.69. The maximum absolute atomic E-state index is 14.4. The third kappa shape index (κ3) is 5.95. The maximum atomic E-state index is 14.4. The number of nitrogens with one attached hydrogen (secondary N) is 1. The van der Waals surface area contributed by atoms with Crippen LogP contribution in [0.15, 0.2) is 54.6 Å². The van der Waals surface area contributed by atoms with Crippen molar-refractivity contribution in [3.8, 4) is 22.8 Å². The summed E-state index contributed by atoms with van der Waals surface area (Å²) in [6, 6.07) is 13.5. The molecule has 1 aromatic heterocycles. The molecule has 184 valence electrons. The van der Waals surface area contributed by atoms with Crippen molar-refractivity contribution in [2.75, 3.05) is 14.2 Å². The average molecular weight is 481 g/mol. The SMILES string of the molecule is COc1ccc(C(C)(C)C)cc1-c1nc(C(=O)N[C@@H](CC(=O)O)c2ccccc2F)ccc1OC. The summed E-state index contributed by atoms with van der Waals surface area (Å²) in [6.45, 7) is 6.25. The number of ether oxygens (including phenoxy) is 2. The molecule has 2 N–H and O–H groups in total. The van der Waals surface area contributed by atoms with Crippen molar-refractivity contribution in [2.45, 2.75) is 38.6 Å². The standard InChI is InChI=1S/C27H29FN2O5/c1-27(2,3)16-10-12-22(34-4)18(14-16)25-23(35-5)13-11-20(29-25)26(33)30-21(15-24(31)32)17-8-6-7-9-19(17)28/h6-14,21H,15H2,1-5H3,(H,30,33)(H,31,32)/t21-/m0/s1. The topological polar surface area (TPSA) is 97.8 Å². The number of rotatable bonds is 8. The molecule has 0 bridgehead atoms. The quantitative estimate of drug-likeness (QED) is 0.463. The second kappa shape index (κ2) is 10.5. The van der Waals surface area contributed by atoms with Crippen LogP contribution in [0.5, 0.6) is 11.5 Å². The molecule has 1 heterocycles. The van der Waals surface area contributed by atoms with Gasteiger partial charge in [-0.25, -0.2) is 9.37 Å². The van der Waals surface area contributed by atoms with E-state index in [0.717, 1.165) is 5.56 Å². The van der Waals surface area contributed by atoms with Crippen molar-refractivity contribution < 1.29 is 28.6 Å². The summed E-state index contributed by atoms with van der Waals surface area (Å²) in [7, 11) is 3.05. The molecule has 1 amide bonds. The molecule has 3 aromatic rings. The van der Waals surface area contributed by atoms with E-state index in [2.05, 4.69) is 31.1 Å². The minimum absolute atomic E-state index is 0.0238. The summed E-state index contributed by atoms with van der Waals surface area (Å²) in [6.07, 6.45) is -0.489. The van der Waals surface area contributed by atoms with Gasteiger partial charge in [0.1, 0.15) is 28.7 Å². The van der Waals surface area contributed by atoms with Gasteiger partial charge in [-0.05, 0) is 41.3 Å². The van der Waals surface area contributed by atoms with Crippen LogP contribution >= 0.6 is 0 Å². The van der Waals surface area contributed by atoms with E-state index in [0.29, 0.717) is 22.8 Å². The molecule has 2 aromatic carbocycles. The Bertz CT molecular complexity index is 1240. The highest BCUT2D eigenvalue weighted by Gasteiger charge is 2.24. The van der Waals surface area contributed by atoms with E-state index in [1.165, 1.54) is 31.4 Å². The summed E-state index contributed by atoms with van der Waals surface area (Å²) in [5.74, 6) is -1.44. The molecular formula is C27H29FN2O5. The van der Waals surface area contributed by atoms with Crippen molar-refractivity contribution in [3.05, 3.63) is 77.2 Å². The van der Waals surface area contributed by atoms with Crippen LogP contribution in [0.3, 0.4) is 0 Å². The van der Waals surface area contributed by atoms with E-state index >= 15 is 0 Å². The average Bonchev–Trinajstić information content (AvgIpc) is 2.82. The lowest BCUT2D eigenvalue weighted by atomic mass is 9.85. The van der Waals surface area contributed by atoms with Gasteiger partial charge >= 0.3 is 5.97 Å². The highest BCUT2D eigenvalue weighted by molar-refractivity contribution is 5.94. The van der Waals surface area contributed by atoms with Crippen LogP contribution in [0, 0.1) is 5.82 Å². The lowest BCUT2D eigenvalue weighted by molar-refractivity contribution is -0.137. The molecular weight excluding hydrogens is 451 g/mol. The Balaban J connectivity index is 2.05. The number of benzene rings is 2. The first-order valence-corrected chi connectivity index (χ1v) is 11.1. The van der Waals surface area contributed by atoms with Gasteiger partial charge in [0.05, 0.1) is 26.7 Å². The van der Waals surface area contributed by atoms with Crippen LogP contribution in [0.1, 0.15) is 54.8 Å². The molecule has 0 saturated heterocycles. The Morgan fingerprint density at radius 3 is 2.29 bits per heavy atom. The van der Waals surface area contributed by atoms with Crippen LogP contribution in [0.2, 0.25) is 0 Å². The highest BCUT2D eigenvalue weighted by atomic mass is 19.1.